The van der Waals surface area contributed by atoms with Crippen LogP contribution in [0, 0.1) is 0 Å². The Kier molecular flexibility index (Phi) is 3.66. The Balaban J connectivity index is 2.17. The van der Waals surface area contributed by atoms with Gasteiger partial charge in [-0.25, -0.2) is 0 Å². The maximum Gasteiger partial charge on any atom is 0.212 e. The molecule has 0 radical (unpaired) electrons. The van der Waals surface area contributed by atoms with Gasteiger partial charge < -0.3 is 14.7 Å². The minimum absolute atomic E-state index is 0.253. The second-order valence-corrected chi connectivity index (χ2v) is 5.36. The van der Waals surface area contributed by atoms with Crippen molar-refractivity contribution in [3.05, 3.63) is 46.1 Å². The summed E-state index contributed by atoms with van der Waals surface area (Å²) in [6.07, 6.45) is 0.792. The Morgan fingerprint density at radius 2 is 2.00 bits per heavy atom. The van der Waals surface area contributed by atoms with Gasteiger partial charge in [-0.1, -0.05) is 41.3 Å². The second kappa shape index (κ2) is 5.47. The van der Waals surface area contributed by atoms with Crippen molar-refractivity contribution >= 4 is 29.0 Å². The lowest BCUT2D eigenvalue weighted by atomic mass is 10.0. The Morgan fingerprint density at radius 3 is 2.67 bits per heavy atom. The molecular formula is C15H12Cl2N2O2. The van der Waals surface area contributed by atoms with E-state index in [1.807, 2.05) is 19.1 Å². The largest absolute Gasteiger partial charge is 0.458 e. The van der Waals surface area contributed by atoms with E-state index in [-0.39, 0.29) is 5.82 Å². The van der Waals surface area contributed by atoms with Gasteiger partial charge in [0.05, 0.1) is 10.6 Å². The van der Waals surface area contributed by atoms with E-state index in [0.29, 0.717) is 32.7 Å². The van der Waals surface area contributed by atoms with Crippen molar-refractivity contribution in [2.45, 2.75) is 13.3 Å². The van der Waals surface area contributed by atoms with E-state index in [9.17, 15) is 0 Å². The van der Waals surface area contributed by atoms with Gasteiger partial charge in [0.2, 0.25) is 5.76 Å². The smallest absolute Gasteiger partial charge is 0.212 e. The first-order valence-corrected chi connectivity index (χ1v) is 7.15. The monoisotopic (exact) mass is 322 g/mol. The number of hydrogen-bond acceptors (Lipinski definition) is 4. The average Bonchev–Trinajstić information content (AvgIpc) is 3.06. The summed E-state index contributed by atoms with van der Waals surface area (Å²) in [6.45, 7) is 2.01. The molecule has 0 bridgehead atoms. The molecule has 0 aliphatic heterocycles. The number of aryl methyl sites for hydroxylation is 1. The summed E-state index contributed by atoms with van der Waals surface area (Å²) >= 11 is 12.2. The Hall–Kier alpha value is -1.91. The van der Waals surface area contributed by atoms with Gasteiger partial charge in [-0.05, 0) is 24.3 Å². The number of nitrogens with two attached hydrogens (primary N) is 1. The molecule has 2 heterocycles. The number of nitrogen functional groups attached to an aromatic ring is 1. The fourth-order valence-corrected chi connectivity index (χ4v) is 2.62. The summed E-state index contributed by atoms with van der Waals surface area (Å²) in [5, 5.41) is 4.84. The van der Waals surface area contributed by atoms with E-state index in [1.54, 1.807) is 18.2 Å². The van der Waals surface area contributed by atoms with E-state index in [4.69, 9.17) is 37.9 Å². The average molecular weight is 323 g/mol. The van der Waals surface area contributed by atoms with Gasteiger partial charge in [0.1, 0.15) is 5.76 Å². The van der Waals surface area contributed by atoms with Crippen LogP contribution in [-0.4, -0.2) is 5.16 Å². The molecule has 3 aromatic rings. The highest BCUT2D eigenvalue weighted by Crippen LogP contribution is 2.41. The number of rotatable bonds is 3. The second-order valence-electron chi connectivity index (χ2n) is 4.52. The molecule has 0 atom stereocenters. The number of anilines is 1. The molecule has 0 spiro atoms. The summed E-state index contributed by atoms with van der Waals surface area (Å²) < 4.78 is 11.0. The normalized spacial score (nSPS) is 11.0. The quantitative estimate of drug-likeness (QED) is 0.732. The van der Waals surface area contributed by atoms with Gasteiger partial charge in [-0.3, -0.25) is 0 Å². The van der Waals surface area contributed by atoms with Crippen molar-refractivity contribution in [2.75, 3.05) is 5.73 Å². The van der Waals surface area contributed by atoms with Gasteiger partial charge in [0.15, 0.2) is 11.6 Å². The number of aromatic nitrogens is 1. The number of hydrogen-bond donors (Lipinski definition) is 1. The number of furan rings is 1. The zero-order valence-corrected chi connectivity index (χ0v) is 12.7. The molecule has 2 aromatic heterocycles. The van der Waals surface area contributed by atoms with Gasteiger partial charge in [0, 0.05) is 17.0 Å². The zero-order chi connectivity index (χ0) is 15.0. The summed E-state index contributed by atoms with van der Waals surface area (Å²) in [6, 6.07) is 8.88. The fraction of sp³-hybridized carbons (Fsp3) is 0.133. The summed E-state index contributed by atoms with van der Waals surface area (Å²) in [5.41, 5.74) is 7.22. The minimum Gasteiger partial charge on any atom is -0.458 e. The zero-order valence-electron chi connectivity index (χ0n) is 11.2. The summed E-state index contributed by atoms with van der Waals surface area (Å²) in [5.74, 6) is 2.13. The topological polar surface area (TPSA) is 65.2 Å². The van der Waals surface area contributed by atoms with Gasteiger partial charge in [0.25, 0.3) is 0 Å². The van der Waals surface area contributed by atoms with Crippen LogP contribution < -0.4 is 5.73 Å². The van der Waals surface area contributed by atoms with Crippen molar-refractivity contribution < 1.29 is 8.94 Å². The van der Waals surface area contributed by atoms with Crippen LogP contribution in [0.2, 0.25) is 10.0 Å². The SMILES string of the molecule is CCc1ccc(-c2onc(N)c2-c2ccc(Cl)cc2Cl)o1. The lowest BCUT2D eigenvalue weighted by molar-refractivity contribution is 0.417. The third-order valence-corrected chi connectivity index (χ3v) is 3.70. The van der Waals surface area contributed by atoms with Crippen molar-refractivity contribution in [1.82, 2.24) is 5.16 Å². The van der Waals surface area contributed by atoms with Crippen molar-refractivity contribution in [3.63, 3.8) is 0 Å². The molecule has 2 N–H and O–H groups in total. The molecule has 0 saturated carbocycles. The van der Waals surface area contributed by atoms with Crippen LogP contribution in [0.1, 0.15) is 12.7 Å². The van der Waals surface area contributed by atoms with Gasteiger partial charge in [-0.2, -0.15) is 0 Å². The van der Waals surface area contributed by atoms with E-state index < -0.39 is 0 Å². The fourth-order valence-electron chi connectivity index (χ4n) is 2.11. The first kappa shape index (κ1) is 14.0. The number of nitrogens with zero attached hydrogens (tertiary/aromatic N) is 1. The summed E-state index contributed by atoms with van der Waals surface area (Å²) in [7, 11) is 0. The lowest BCUT2D eigenvalue weighted by Crippen LogP contribution is -1.89. The molecular weight excluding hydrogens is 311 g/mol. The highest BCUT2D eigenvalue weighted by molar-refractivity contribution is 6.36. The molecule has 0 aliphatic carbocycles. The first-order chi connectivity index (χ1) is 10.1. The van der Waals surface area contributed by atoms with E-state index in [0.717, 1.165) is 12.2 Å². The highest BCUT2D eigenvalue weighted by Gasteiger charge is 2.22. The predicted octanol–water partition coefficient (Wildman–Crippen LogP) is 5.05. The van der Waals surface area contributed by atoms with E-state index in [1.165, 1.54) is 0 Å². The number of benzene rings is 1. The molecule has 108 valence electrons. The molecule has 3 rings (SSSR count). The van der Waals surface area contributed by atoms with Crippen molar-refractivity contribution in [2.24, 2.45) is 0 Å². The van der Waals surface area contributed by atoms with Crippen molar-refractivity contribution in [1.29, 1.82) is 0 Å². The Labute approximate surface area is 131 Å². The number of halogens is 2. The Morgan fingerprint density at radius 1 is 1.19 bits per heavy atom. The standard InChI is InChI=1S/C15H12Cl2N2O2/c1-2-9-4-6-12(20-9)14-13(15(18)19-21-14)10-5-3-8(16)7-11(10)17/h3-7H,2H2,1H3,(H2,18,19). The van der Waals surface area contributed by atoms with Crippen LogP contribution in [0.15, 0.2) is 39.3 Å². The Bertz CT molecular complexity index is 793. The highest BCUT2D eigenvalue weighted by atomic mass is 35.5. The molecule has 0 amide bonds. The van der Waals surface area contributed by atoms with Crippen molar-refractivity contribution in [3.8, 4) is 22.6 Å². The van der Waals surface area contributed by atoms with Gasteiger partial charge >= 0.3 is 0 Å². The molecule has 0 saturated heterocycles. The molecule has 1 aromatic carbocycles. The molecule has 4 nitrogen and oxygen atoms in total. The van der Waals surface area contributed by atoms with Crippen LogP contribution >= 0.6 is 23.2 Å². The molecule has 0 aliphatic rings. The summed E-state index contributed by atoms with van der Waals surface area (Å²) in [4.78, 5) is 0. The maximum atomic E-state index is 6.24. The van der Waals surface area contributed by atoms with Crippen LogP contribution in [-0.2, 0) is 6.42 Å². The van der Waals surface area contributed by atoms with Crippen LogP contribution in [0.5, 0.6) is 0 Å². The predicted molar refractivity (Wildman–Crippen MR) is 83.5 cm³/mol. The van der Waals surface area contributed by atoms with Crippen LogP contribution in [0.3, 0.4) is 0 Å². The van der Waals surface area contributed by atoms with Gasteiger partial charge in [-0.15, -0.1) is 0 Å². The third kappa shape index (κ3) is 2.52. The van der Waals surface area contributed by atoms with Crippen LogP contribution in [0.4, 0.5) is 5.82 Å². The first-order valence-electron chi connectivity index (χ1n) is 6.39. The molecule has 21 heavy (non-hydrogen) atoms. The minimum atomic E-state index is 0.253. The molecule has 0 unspecified atom stereocenters. The van der Waals surface area contributed by atoms with E-state index >= 15 is 0 Å². The third-order valence-electron chi connectivity index (χ3n) is 3.15. The molecule has 6 heteroatoms. The lowest BCUT2D eigenvalue weighted by Gasteiger charge is -2.04. The van der Waals surface area contributed by atoms with Crippen LogP contribution in [0.25, 0.3) is 22.6 Å². The maximum absolute atomic E-state index is 6.24. The molecule has 0 fully saturated rings. The van der Waals surface area contributed by atoms with E-state index in [2.05, 4.69) is 5.16 Å².